The standard InChI is InChI=1S/C24H29N3O2/c1-16-5-3-8-21(17(16)2)24(22-13-25-15-26-22)19-6-4-7-20(12-19)27-23(28)11-18-9-10-29-14-18/h3-8,12-13,18,24-26H,9-11,14-15H2,1-2H3,(H,27,28). The maximum Gasteiger partial charge on any atom is 0.224 e. The number of amides is 1. The number of hydrogen-bond donors (Lipinski definition) is 3. The molecular formula is C24H29N3O2. The predicted molar refractivity (Wildman–Crippen MR) is 116 cm³/mol. The third kappa shape index (κ3) is 4.46. The van der Waals surface area contributed by atoms with Gasteiger partial charge >= 0.3 is 0 Å². The van der Waals surface area contributed by atoms with Crippen molar-refractivity contribution in [1.29, 1.82) is 0 Å². The number of ether oxygens (including phenoxy) is 1. The Kier molecular flexibility index (Phi) is 5.86. The second kappa shape index (κ2) is 8.70. The smallest absolute Gasteiger partial charge is 0.224 e. The molecule has 1 saturated heterocycles. The van der Waals surface area contributed by atoms with E-state index in [1.807, 2.05) is 12.1 Å². The van der Waals surface area contributed by atoms with Crippen molar-refractivity contribution >= 4 is 11.6 Å². The molecule has 2 aliphatic heterocycles. The van der Waals surface area contributed by atoms with Crippen LogP contribution >= 0.6 is 0 Å². The van der Waals surface area contributed by atoms with Crippen molar-refractivity contribution < 1.29 is 9.53 Å². The maximum atomic E-state index is 12.5. The lowest BCUT2D eigenvalue weighted by atomic mass is 9.84. The van der Waals surface area contributed by atoms with Crippen LogP contribution in [0.5, 0.6) is 0 Å². The molecule has 2 unspecified atom stereocenters. The summed E-state index contributed by atoms with van der Waals surface area (Å²) < 4.78 is 5.39. The number of carbonyl (C=O) groups excluding carboxylic acids is 1. The van der Waals surface area contributed by atoms with Crippen molar-refractivity contribution in [1.82, 2.24) is 10.6 Å². The normalized spacial score (nSPS) is 19.2. The SMILES string of the molecule is Cc1cccc(C(C2=CNCN2)c2cccc(NC(=O)CC3CCOC3)c2)c1C. The number of nitrogens with one attached hydrogen (secondary N) is 3. The molecule has 2 aliphatic rings. The van der Waals surface area contributed by atoms with Gasteiger partial charge in [-0.05, 0) is 60.6 Å². The van der Waals surface area contributed by atoms with E-state index in [-0.39, 0.29) is 11.8 Å². The van der Waals surface area contributed by atoms with Crippen LogP contribution in [-0.4, -0.2) is 25.8 Å². The minimum absolute atomic E-state index is 0.0563. The first kappa shape index (κ1) is 19.5. The van der Waals surface area contributed by atoms with Gasteiger partial charge in [-0.25, -0.2) is 0 Å². The largest absolute Gasteiger partial charge is 0.381 e. The Morgan fingerprint density at radius 1 is 1.24 bits per heavy atom. The summed E-state index contributed by atoms with van der Waals surface area (Å²) in [5, 5.41) is 9.80. The molecule has 29 heavy (non-hydrogen) atoms. The Bertz CT molecular complexity index is 916. The Labute approximate surface area is 172 Å². The van der Waals surface area contributed by atoms with Crippen molar-refractivity contribution in [2.75, 3.05) is 25.2 Å². The summed E-state index contributed by atoms with van der Waals surface area (Å²) in [6.07, 6.45) is 3.54. The second-order valence-electron chi connectivity index (χ2n) is 7.99. The van der Waals surface area contributed by atoms with Crippen LogP contribution in [0.3, 0.4) is 0 Å². The van der Waals surface area contributed by atoms with Crippen molar-refractivity contribution in [3.63, 3.8) is 0 Å². The molecule has 2 atom stereocenters. The zero-order valence-electron chi connectivity index (χ0n) is 17.1. The lowest BCUT2D eigenvalue weighted by Crippen LogP contribution is -2.20. The van der Waals surface area contributed by atoms with Crippen LogP contribution < -0.4 is 16.0 Å². The number of rotatable bonds is 6. The van der Waals surface area contributed by atoms with Gasteiger partial charge in [0.15, 0.2) is 0 Å². The average Bonchev–Trinajstić information content (AvgIpc) is 3.40. The van der Waals surface area contributed by atoms with Gasteiger partial charge in [-0.1, -0.05) is 30.3 Å². The molecule has 5 nitrogen and oxygen atoms in total. The van der Waals surface area contributed by atoms with E-state index in [9.17, 15) is 4.79 Å². The molecule has 0 saturated carbocycles. The highest BCUT2D eigenvalue weighted by atomic mass is 16.5. The molecule has 5 heteroatoms. The molecule has 2 heterocycles. The van der Waals surface area contributed by atoms with Crippen molar-refractivity contribution in [2.45, 2.75) is 32.6 Å². The lowest BCUT2D eigenvalue weighted by molar-refractivity contribution is -0.117. The number of anilines is 1. The highest BCUT2D eigenvalue weighted by molar-refractivity contribution is 5.91. The van der Waals surface area contributed by atoms with Gasteiger partial charge < -0.3 is 20.7 Å². The fourth-order valence-electron chi connectivity index (χ4n) is 4.18. The molecule has 2 aromatic rings. The number of carbonyl (C=O) groups is 1. The summed E-state index contributed by atoms with van der Waals surface area (Å²) >= 11 is 0. The third-order valence-corrected chi connectivity index (χ3v) is 5.92. The van der Waals surface area contributed by atoms with Gasteiger partial charge in [0.2, 0.25) is 5.91 Å². The van der Waals surface area contributed by atoms with Crippen LogP contribution in [0.15, 0.2) is 54.4 Å². The van der Waals surface area contributed by atoms with E-state index >= 15 is 0 Å². The van der Waals surface area contributed by atoms with Crippen LogP contribution in [0.25, 0.3) is 0 Å². The van der Waals surface area contributed by atoms with Crippen LogP contribution in [0.4, 0.5) is 5.69 Å². The first-order chi connectivity index (χ1) is 14.1. The third-order valence-electron chi connectivity index (χ3n) is 5.92. The molecule has 2 aromatic carbocycles. The van der Waals surface area contributed by atoms with Gasteiger partial charge in [0.1, 0.15) is 0 Å². The van der Waals surface area contributed by atoms with E-state index in [0.29, 0.717) is 18.9 Å². The highest BCUT2D eigenvalue weighted by Crippen LogP contribution is 2.35. The van der Waals surface area contributed by atoms with Gasteiger partial charge in [-0.3, -0.25) is 4.79 Å². The van der Waals surface area contributed by atoms with E-state index in [0.717, 1.165) is 36.6 Å². The fraction of sp³-hybridized carbons (Fsp3) is 0.375. The maximum absolute atomic E-state index is 12.5. The summed E-state index contributed by atoms with van der Waals surface area (Å²) in [6, 6.07) is 14.7. The zero-order chi connectivity index (χ0) is 20.2. The zero-order valence-corrected chi connectivity index (χ0v) is 17.1. The topological polar surface area (TPSA) is 62.4 Å². The Balaban J connectivity index is 1.60. The van der Waals surface area contributed by atoms with Crippen molar-refractivity contribution in [3.8, 4) is 0 Å². The Morgan fingerprint density at radius 2 is 2.10 bits per heavy atom. The molecule has 3 N–H and O–H groups in total. The summed E-state index contributed by atoms with van der Waals surface area (Å²) in [5.41, 5.74) is 6.99. The molecular weight excluding hydrogens is 362 g/mol. The van der Waals surface area contributed by atoms with Gasteiger partial charge in [0.05, 0.1) is 12.6 Å². The Morgan fingerprint density at radius 3 is 2.86 bits per heavy atom. The molecule has 0 bridgehead atoms. The molecule has 1 amide bonds. The molecule has 0 aliphatic carbocycles. The second-order valence-corrected chi connectivity index (χ2v) is 7.99. The number of benzene rings is 2. The first-order valence-corrected chi connectivity index (χ1v) is 10.3. The fourth-order valence-corrected chi connectivity index (χ4v) is 4.18. The predicted octanol–water partition coefficient (Wildman–Crippen LogP) is 3.79. The van der Waals surface area contributed by atoms with Gasteiger partial charge in [0, 0.05) is 37.2 Å². The van der Waals surface area contributed by atoms with E-state index in [1.54, 1.807) is 0 Å². The monoisotopic (exact) mass is 391 g/mol. The highest BCUT2D eigenvalue weighted by Gasteiger charge is 2.24. The van der Waals surface area contributed by atoms with E-state index in [2.05, 4.69) is 66.3 Å². The summed E-state index contributed by atoms with van der Waals surface area (Å²) in [5.74, 6) is 0.477. The van der Waals surface area contributed by atoms with E-state index in [1.165, 1.54) is 16.7 Å². The lowest BCUT2D eigenvalue weighted by Gasteiger charge is -2.23. The molecule has 4 rings (SSSR count). The quantitative estimate of drug-likeness (QED) is 0.701. The average molecular weight is 392 g/mol. The van der Waals surface area contributed by atoms with Gasteiger partial charge in [-0.15, -0.1) is 0 Å². The summed E-state index contributed by atoms with van der Waals surface area (Å²) in [7, 11) is 0. The number of aryl methyl sites for hydroxylation is 1. The molecule has 152 valence electrons. The minimum atomic E-state index is 0.0563. The Hall–Kier alpha value is -2.79. The van der Waals surface area contributed by atoms with Gasteiger partial charge in [0.25, 0.3) is 0 Å². The number of hydrogen-bond acceptors (Lipinski definition) is 4. The minimum Gasteiger partial charge on any atom is -0.381 e. The molecule has 0 radical (unpaired) electrons. The summed E-state index contributed by atoms with van der Waals surface area (Å²) in [4.78, 5) is 12.5. The van der Waals surface area contributed by atoms with E-state index < -0.39 is 0 Å². The molecule has 1 fully saturated rings. The van der Waals surface area contributed by atoms with Crippen molar-refractivity contribution in [2.24, 2.45) is 5.92 Å². The summed E-state index contributed by atoms with van der Waals surface area (Å²) in [6.45, 7) is 6.51. The molecule has 0 spiro atoms. The van der Waals surface area contributed by atoms with Crippen LogP contribution in [0.2, 0.25) is 0 Å². The van der Waals surface area contributed by atoms with Gasteiger partial charge in [-0.2, -0.15) is 0 Å². The van der Waals surface area contributed by atoms with Crippen LogP contribution in [0, 0.1) is 19.8 Å². The van der Waals surface area contributed by atoms with Crippen LogP contribution in [-0.2, 0) is 9.53 Å². The van der Waals surface area contributed by atoms with Crippen molar-refractivity contribution in [3.05, 3.63) is 76.6 Å². The van der Waals surface area contributed by atoms with E-state index in [4.69, 9.17) is 4.74 Å². The molecule has 0 aromatic heterocycles. The first-order valence-electron chi connectivity index (χ1n) is 10.3. The van der Waals surface area contributed by atoms with Crippen LogP contribution in [0.1, 0.15) is 41.0 Å². The number of allylic oxidation sites excluding steroid dienone is 1.